The molecule has 27 heavy (non-hydrogen) atoms. The summed E-state index contributed by atoms with van der Waals surface area (Å²) in [5.41, 5.74) is 2.64. The highest BCUT2D eigenvalue weighted by Gasteiger charge is 2.22. The minimum atomic E-state index is -0.0551. The van der Waals surface area contributed by atoms with Crippen LogP contribution in [0.1, 0.15) is 44.2 Å². The summed E-state index contributed by atoms with van der Waals surface area (Å²) in [5.74, 6) is 0. The number of para-hydroxylation sites is 1. The minimum Gasteiger partial charge on any atom is -0.376 e. The van der Waals surface area contributed by atoms with Crippen molar-refractivity contribution in [3.8, 4) is 0 Å². The SMILES string of the molecule is CC[C@H](C)NC(=S)N(Cc1cc2cccc(C)c2[nH]c1=O)C[C@@H]1CCCO1. The number of hydrogen-bond acceptors (Lipinski definition) is 3. The summed E-state index contributed by atoms with van der Waals surface area (Å²) in [6.07, 6.45) is 3.28. The Kier molecular flexibility index (Phi) is 6.50. The van der Waals surface area contributed by atoms with E-state index in [-0.39, 0.29) is 11.7 Å². The predicted octanol–water partition coefficient (Wildman–Crippen LogP) is 3.49. The van der Waals surface area contributed by atoms with Crippen molar-refractivity contribution in [3.63, 3.8) is 0 Å². The molecule has 0 bridgehead atoms. The molecular weight excluding hydrogens is 358 g/mol. The van der Waals surface area contributed by atoms with E-state index in [0.29, 0.717) is 24.2 Å². The number of H-pyrrole nitrogens is 1. The highest BCUT2D eigenvalue weighted by Crippen LogP contribution is 2.18. The van der Waals surface area contributed by atoms with Crippen LogP contribution in [-0.2, 0) is 11.3 Å². The van der Waals surface area contributed by atoms with Gasteiger partial charge in [0.2, 0.25) is 0 Å². The third-order valence-corrected chi connectivity index (χ3v) is 5.62. The average Bonchev–Trinajstić information content (AvgIpc) is 3.15. The first kappa shape index (κ1) is 19.8. The standard InChI is InChI=1S/C21H29N3O2S/c1-4-15(3)22-21(27)24(13-18-9-6-10-26-18)12-17-11-16-8-5-7-14(2)19(16)23-20(17)25/h5,7-8,11,15,18H,4,6,9-10,12-13H2,1-3H3,(H,22,27)(H,23,25)/t15-,18-/m0/s1. The molecule has 1 fully saturated rings. The predicted molar refractivity (Wildman–Crippen MR) is 114 cm³/mol. The number of aromatic nitrogens is 1. The number of aryl methyl sites for hydroxylation is 1. The Labute approximate surface area is 166 Å². The molecule has 1 aromatic heterocycles. The van der Waals surface area contributed by atoms with Crippen molar-refractivity contribution >= 4 is 28.2 Å². The molecule has 0 spiro atoms. The number of fused-ring (bicyclic) bond motifs is 1. The first-order valence-electron chi connectivity index (χ1n) is 9.76. The van der Waals surface area contributed by atoms with Gasteiger partial charge in [0.05, 0.1) is 18.2 Å². The van der Waals surface area contributed by atoms with Gasteiger partial charge in [-0.05, 0) is 62.3 Å². The van der Waals surface area contributed by atoms with E-state index >= 15 is 0 Å². The lowest BCUT2D eigenvalue weighted by atomic mass is 10.1. The van der Waals surface area contributed by atoms with Crippen LogP contribution in [0.2, 0.25) is 0 Å². The molecule has 5 nitrogen and oxygen atoms in total. The quantitative estimate of drug-likeness (QED) is 0.743. The fourth-order valence-corrected chi connectivity index (χ4v) is 3.75. The topological polar surface area (TPSA) is 57.4 Å². The summed E-state index contributed by atoms with van der Waals surface area (Å²) in [7, 11) is 0. The molecule has 0 radical (unpaired) electrons. The first-order chi connectivity index (χ1) is 13.0. The Balaban J connectivity index is 1.86. The van der Waals surface area contributed by atoms with Crippen LogP contribution in [0.25, 0.3) is 10.9 Å². The zero-order valence-electron chi connectivity index (χ0n) is 16.4. The fourth-order valence-electron chi connectivity index (χ4n) is 3.41. The fraction of sp³-hybridized carbons (Fsp3) is 0.524. The number of nitrogens with one attached hydrogen (secondary N) is 2. The van der Waals surface area contributed by atoms with Gasteiger partial charge < -0.3 is 19.9 Å². The molecule has 6 heteroatoms. The number of hydrogen-bond donors (Lipinski definition) is 2. The molecule has 2 heterocycles. The van der Waals surface area contributed by atoms with E-state index in [0.717, 1.165) is 47.9 Å². The zero-order chi connectivity index (χ0) is 19.4. The Morgan fingerprint density at radius 3 is 3.00 bits per heavy atom. The molecule has 0 amide bonds. The van der Waals surface area contributed by atoms with E-state index in [9.17, 15) is 4.79 Å². The van der Waals surface area contributed by atoms with Crippen LogP contribution in [0.3, 0.4) is 0 Å². The van der Waals surface area contributed by atoms with Crippen LogP contribution < -0.4 is 10.9 Å². The molecule has 2 atom stereocenters. The van der Waals surface area contributed by atoms with E-state index in [1.807, 2.05) is 31.2 Å². The second-order valence-electron chi connectivity index (χ2n) is 7.44. The van der Waals surface area contributed by atoms with Crippen molar-refractivity contribution in [2.45, 2.75) is 58.7 Å². The molecule has 0 aliphatic carbocycles. The van der Waals surface area contributed by atoms with Crippen molar-refractivity contribution in [3.05, 3.63) is 45.7 Å². The highest BCUT2D eigenvalue weighted by molar-refractivity contribution is 7.80. The molecule has 2 N–H and O–H groups in total. The number of thiocarbonyl (C=S) groups is 1. The number of rotatable bonds is 6. The molecule has 2 aromatic rings. The molecule has 3 rings (SSSR count). The summed E-state index contributed by atoms with van der Waals surface area (Å²) in [4.78, 5) is 17.8. The Morgan fingerprint density at radius 1 is 1.48 bits per heavy atom. The maximum absolute atomic E-state index is 12.7. The second-order valence-corrected chi connectivity index (χ2v) is 7.82. The van der Waals surface area contributed by atoms with Crippen molar-refractivity contribution in [1.29, 1.82) is 0 Å². The van der Waals surface area contributed by atoms with E-state index in [1.54, 1.807) is 0 Å². The smallest absolute Gasteiger partial charge is 0.253 e. The average molecular weight is 388 g/mol. The van der Waals surface area contributed by atoms with Gasteiger partial charge in [0.25, 0.3) is 5.56 Å². The third kappa shape index (κ3) is 4.87. The molecule has 1 aliphatic heterocycles. The third-order valence-electron chi connectivity index (χ3n) is 5.24. The summed E-state index contributed by atoms with van der Waals surface area (Å²) in [5, 5.41) is 5.11. The van der Waals surface area contributed by atoms with Crippen LogP contribution in [0.15, 0.2) is 29.1 Å². The van der Waals surface area contributed by atoms with Gasteiger partial charge in [0, 0.05) is 24.8 Å². The maximum atomic E-state index is 12.7. The van der Waals surface area contributed by atoms with Gasteiger partial charge in [0.15, 0.2) is 5.11 Å². The molecule has 0 unspecified atom stereocenters. The van der Waals surface area contributed by atoms with Gasteiger partial charge in [-0.3, -0.25) is 4.79 Å². The number of pyridine rings is 1. The minimum absolute atomic E-state index is 0.0551. The van der Waals surface area contributed by atoms with Crippen molar-refractivity contribution in [2.75, 3.05) is 13.2 Å². The summed E-state index contributed by atoms with van der Waals surface area (Å²) in [6.45, 7) is 8.23. The molecule has 1 aromatic carbocycles. The lowest BCUT2D eigenvalue weighted by Crippen LogP contribution is -2.46. The van der Waals surface area contributed by atoms with Gasteiger partial charge in [-0.25, -0.2) is 0 Å². The first-order valence-corrected chi connectivity index (χ1v) is 10.2. The van der Waals surface area contributed by atoms with Gasteiger partial charge in [-0.2, -0.15) is 0 Å². The maximum Gasteiger partial charge on any atom is 0.253 e. The van der Waals surface area contributed by atoms with Crippen molar-refractivity contribution in [1.82, 2.24) is 15.2 Å². The second kappa shape index (κ2) is 8.85. The molecule has 1 saturated heterocycles. The lowest BCUT2D eigenvalue weighted by molar-refractivity contribution is 0.0895. The molecule has 0 saturated carbocycles. The lowest BCUT2D eigenvalue weighted by Gasteiger charge is -2.29. The van der Waals surface area contributed by atoms with Crippen LogP contribution in [0.5, 0.6) is 0 Å². The molecule has 1 aliphatic rings. The van der Waals surface area contributed by atoms with Gasteiger partial charge in [0.1, 0.15) is 0 Å². The van der Waals surface area contributed by atoms with E-state index < -0.39 is 0 Å². The zero-order valence-corrected chi connectivity index (χ0v) is 17.2. The normalized spacial score (nSPS) is 17.8. The van der Waals surface area contributed by atoms with Gasteiger partial charge >= 0.3 is 0 Å². The molecule has 146 valence electrons. The van der Waals surface area contributed by atoms with Crippen molar-refractivity contribution in [2.24, 2.45) is 0 Å². The Bertz CT molecular complexity index is 858. The van der Waals surface area contributed by atoms with E-state index in [1.165, 1.54) is 0 Å². The monoisotopic (exact) mass is 387 g/mol. The van der Waals surface area contributed by atoms with E-state index in [2.05, 4.69) is 29.0 Å². The Morgan fingerprint density at radius 2 is 2.30 bits per heavy atom. The number of benzene rings is 1. The number of ether oxygens (including phenoxy) is 1. The summed E-state index contributed by atoms with van der Waals surface area (Å²) >= 11 is 5.66. The van der Waals surface area contributed by atoms with Crippen LogP contribution >= 0.6 is 12.2 Å². The summed E-state index contributed by atoms with van der Waals surface area (Å²) < 4.78 is 5.80. The Hall–Kier alpha value is -1.92. The number of aromatic amines is 1. The largest absolute Gasteiger partial charge is 0.376 e. The van der Waals surface area contributed by atoms with Gasteiger partial charge in [-0.1, -0.05) is 25.1 Å². The molecular formula is C21H29N3O2S. The van der Waals surface area contributed by atoms with Crippen LogP contribution in [0.4, 0.5) is 0 Å². The van der Waals surface area contributed by atoms with Gasteiger partial charge in [-0.15, -0.1) is 0 Å². The number of nitrogens with zero attached hydrogens (tertiary/aromatic N) is 1. The summed E-state index contributed by atoms with van der Waals surface area (Å²) in [6, 6.07) is 8.32. The van der Waals surface area contributed by atoms with Crippen molar-refractivity contribution < 1.29 is 4.74 Å². The van der Waals surface area contributed by atoms with E-state index in [4.69, 9.17) is 17.0 Å². The van der Waals surface area contributed by atoms with Crippen LogP contribution in [-0.4, -0.2) is 40.3 Å². The van der Waals surface area contributed by atoms with Crippen LogP contribution in [0, 0.1) is 6.92 Å². The highest BCUT2D eigenvalue weighted by atomic mass is 32.1.